The van der Waals surface area contributed by atoms with E-state index in [-0.39, 0.29) is 5.91 Å². The number of hydrogen-bond acceptors (Lipinski definition) is 3. The average Bonchev–Trinajstić information content (AvgIpc) is 3.20. The van der Waals surface area contributed by atoms with Crippen molar-refractivity contribution in [3.8, 4) is 0 Å². The number of carbonyl (C=O) groups is 1. The SMILES string of the molecule is Cc1ccc(N2CCCC2)c(C(=O)NCC[C@@H]2CCCO2)c1. The van der Waals surface area contributed by atoms with E-state index in [2.05, 4.69) is 22.3 Å². The molecular formula is C18H26N2O2. The van der Waals surface area contributed by atoms with Gasteiger partial charge in [0.05, 0.1) is 11.7 Å². The highest BCUT2D eigenvalue weighted by molar-refractivity contribution is 6.00. The van der Waals surface area contributed by atoms with Crippen molar-refractivity contribution >= 4 is 11.6 Å². The fourth-order valence-electron chi connectivity index (χ4n) is 3.38. The van der Waals surface area contributed by atoms with Gasteiger partial charge < -0.3 is 15.0 Å². The van der Waals surface area contributed by atoms with Crippen LogP contribution in [0.1, 0.15) is 48.0 Å². The molecule has 120 valence electrons. The van der Waals surface area contributed by atoms with Crippen LogP contribution in [0, 0.1) is 6.92 Å². The third kappa shape index (κ3) is 3.61. The molecule has 2 heterocycles. The van der Waals surface area contributed by atoms with E-state index in [0.29, 0.717) is 12.6 Å². The van der Waals surface area contributed by atoms with Gasteiger partial charge in [-0.3, -0.25) is 4.79 Å². The molecule has 2 saturated heterocycles. The maximum absolute atomic E-state index is 12.6. The summed E-state index contributed by atoms with van der Waals surface area (Å²) in [6, 6.07) is 6.20. The third-order valence-corrected chi connectivity index (χ3v) is 4.62. The Morgan fingerprint density at radius 1 is 1.32 bits per heavy atom. The lowest BCUT2D eigenvalue weighted by Crippen LogP contribution is -2.29. The van der Waals surface area contributed by atoms with E-state index in [4.69, 9.17) is 4.74 Å². The van der Waals surface area contributed by atoms with Gasteiger partial charge in [0.2, 0.25) is 0 Å². The van der Waals surface area contributed by atoms with Gasteiger partial charge in [-0.15, -0.1) is 0 Å². The van der Waals surface area contributed by atoms with Crippen LogP contribution >= 0.6 is 0 Å². The van der Waals surface area contributed by atoms with E-state index in [1.165, 1.54) is 12.8 Å². The number of aryl methyl sites for hydroxylation is 1. The van der Waals surface area contributed by atoms with Gasteiger partial charge in [-0.1, -0.05) is 11.6 Å². The summed E-state index contributed by atoms with van der Waals surface area (Å²) in [5.41, 5.74) is 3.03. The van der Waals surface area contributed by atoms with Gasteiger partial charge in [0, 0.05) is 31.9 Å². The molecule has 22 heavy (non-hydrogen) atoms. The van der Waals surface area contributed by atoms with Crippen LogP contribution in [0.4, 0.5) is 5.69 Å². The summed E-state index contributed by atoms with van der Waals surface area (Å²) < 4.78 is 5.61. The second-order valence-electron chi connectivity index (χ2n) is 6.39. The fourth-order valence-corrected chi connectivity index (χ4v) is 3.38. The van der Waals surface area contributed by atoms with Gasteiger partial charge in [0.1, 0.15) is 0 Å². The molecule has 4 heteroatoms. The molecule has 0 radical (unpaired) electrons. The number of rotatable bonds is 5. The molecule has 2 aliphatic heterocycles. The first-order chi connectivity index (χ1) is 10.7. The molecule has 4 nitrogen and oxygen atoms in total. The normalized spacial score (nSPS) is 21.3. The number of nitrogens with one attached hydrogen (secondary N) is 1. The molecule has 1 atom stereocenters. The largest absolute Gasteiger partial charge is 0.378 e. The van der Waals surface area contributed by atoms with E-state index in [1.54, 1.807) is 0 Å². The summed E-state index contributed by atoms with van der Waals surface area (Å²) in [6.45, 7) is 5.71. The van der Waals surface area contributed by atoms with Crippen LogP contribution in [-0.4, -0.2) is 38.3 Å². The van der Waals surface area contributed by atoms with Crippen LogP contribution < -0.4 is 10.2 Å². The van der Waals surface area contributed by atoms with Crippen LogP contribution in [-0.2, 0) is 4.74 Å². The summed E-state index contributed by atoms with van der Waals surface area (Å²) in [5.74, 6) is 0.0450. The third-order valence-electron chi connectivity index (χ3n) is 4.62. The van der Waals surface area contributed by atoms with E-state index in [0.717, 1.165) is 55.8 Å². The molecule has 0 unspecified atom stereocenters. The quantitative estimate of drug-likeness (QED) is 0.909. The Bertz CT molecular complexity index is 518. The molecule has 2 fully saturated rings. The zero-order chi connectivity index (χ0) is 15.4. The van der Waals surface area contributed by atoms with Crippen molar-refractivity contribution in [1.82, 2.24) is 5.32 Å². The first-order valence-corrected chi connectivity index (χ1v) is 8.49. The predicted octanol–water partition coefficient (Wildman–Crippen LogP) is 2.89. The van der Waals surface area contributed by atoms with Crippen molar-refractivity contribution in [2.24, 2.45) is 0 Å². The number of anilines is 1. The Hall–Kier alpha value is -1.55. The van der Waals surface area contributed by atoms with Gasteiger partial charge >= 0.3 is 0 Å². The maximum Gasteiger partial charge on any atom is 0.253 e. The van der Waals surface area contributed by atoms with Crippen molar-refractivity contribution in [1.29, 1.82) is 0 Å². The number of hydrogen-bond donors (Lipinski definition) is 1. The standard InChI is InChI=1S/C18H26N2O2/c1-14-6-7-17(20-10-2-3-11-20)16(13-14)18(21)19-9-8-15-5-4-12-22-15/h6-7,13,15H,2-5,8-12H2,1H3,(H,19,21)/t15-/m0/s1. The molecule has 1 aromatic rings. The molecular weight excluding hydrogens is 276 g/mol. The molecule has 0 spiro atoms. The topological polar surface area (TPSA) is 41.6 Å². The van der Waals surface area contributed by atoms with Crippen LogP contribution in [0.25, 0.3) is 0 Å². The fraction of sp³-hybridized carbons (Fsp3) is 0.611. The average molecular weight is 302 g/mol. The minimum atomic E-state index is 0.0450. The van der Waals surface area contributed by atoms with Crippen molar-refractivity contribution in [2.45, 2.75) is 45.1 Å². The Morgan fingerprint density at radius 3 is 2.86 bits per heavy atom. The lowest BCUT2D eigenvalue weighted by Gasteiger charge is -2.21. The summed E-state index contributed by atoms with van der Waals surface area (Å²) in [6.07, 6.45) is 5.95. The summed E-state index contributed by atoms with van der Waals surface area (Å²) in [7, 11) is 0. The van der Waals surface area contributed by atoms with Gasteiger partial charge in [-0.05, 0) is 51.2 Å². The highest BCUT2D eigenvalue weighted by Gasteiger charge is 2.20. The number of benzene rings is 1. The highest BCUT2D eigenvalue weighted by atomic mass is 16.5. The zero-order valence-corrected chi connectivity index (χ0v) is 13.4. The van der Waals surface area contributed by atoms with Crippen LogP contribution in [0.3, 0.4) is 0 Å². The first-order valence-electron chi connectivity index (χ1n) is 8.49. The number of ether oxygens (including phenoxy) is 1. The summed E-state index contributed by atoms with van der Waals surface area (Å²) in [5, 5.41) is 3.07. The van der Waals surface area contributed by atoms with Crippen molar-refractivity contribution in [2.75, 3.05) is 31.1 Å². The molecule has 0 saturated carbocycles. The number of amides is 1. The second kappa shape index (κ2) is 7.14. The Balaban J connectivity index is 1.63. The molecule has 0 aliphatic carbocycles. The van der Waals surface area contributed by atoms with Gasteiger partial charge in [-0.25, -0.2) is 0 Å². The second-order valence-corrected chi connectivity index (χ2v) is 6.39. The molecule has 1 aromatic carbocycles. The Kier molecular flexibility index (Phi) is 4.98. The van der Waals surface area contributed by atoms with Crippen LogP contribution in [0.2, 0.25) is 0 Å². The van der Waals surface area contributed by atoms with E-state index in [1.807, 2.05) is 13.0 Å². The molecule has 2 aliphatic rings. The van der Waals surface area contributed by atoms with Crippen molar-refractivity contribution in [3.63, 3.8) is 0 Å². The lowest BCUT2D eigenvalue weighted by atomic mass is 10.1. The molecule has 3 rings (SSSR count). The van der Waals surface area contributed by atoms with Crippen LogP contribution in [0.15, 0.2) is 18.2 Å². The monoisotopic (exact) mass is 302 g/mol. The highest BCUT2D eigenvalue weighted by Crippen LogP contribution is 2.25. The van der Waals surface area contributed by atoms with Gasteiger partial charge in [-0.2, -0.15) is 0 Å². The van der Waals surface area contributed by atoms with Crippen molar-refractivity contribution < 1.29 is 9.53 Å². The minimum absolute atomic E-state index is 0.0450. The van der Waals surface area contributed by atoms with Gasteiger partial charge in [0.15, 0.2) is 0 Å². The zero-order valence-electron chi connectivity index (χ0n) is 13.4. The smallest absolute Gasteiger partial charge is 0.253 e. The summed E-state index contributed by atoms with van der Waals surface area (Å²) >= 11 is 0. The Morgan fingerprint density at radius 2 is 2.14 bits per heavy atom. The number of carbonyl (C=O) groups excluding carboxylic acids is 1. The lowest BCUT2D eigenvalue weighted by molar-refractivity contribution is 0.0907. The minimum Gasteiger partial charge on any atom is -0.378 e. The van der Waals surface area contributed by atoms with E-state index in [9.17, 15) is 4.79 Å². The molecule has 1 N–H and O–H groups in total. The Labute approximate surface area is 132 Å². The summed E-state index contributed by atoms with van der Waals surface area (Å²) in [4.78, 5) is 14.9. The molecule has 0 bridgehead atoms. The van der Waals surface area contributed by atoms with E-state index < -0.39 is 0 Å². The first kappa shape index (κ1) is 15.3. The van der Waals surface area contributed by atoms with Gasteiger partial charge in [0.25, 0.3) is 5.91 Å². The molecule has 0 aromatic heterocycles. The predicted molar refractivity (Wildman–Crippen MR) is 88.6 cm³/mol. The molecule has 1 amide bonds. The van der Waals surface area contributed by atoms with Crippen molar-refractivity contribution in [3.05, 3.63) is 29.3 Å². The van der Waals surface area contributed by atoms with Crippen LogP contribution in [0.5, 0.6) is 0 Å². The van der Waals surface area contributed by atoms with E-state index >= 15 is 0 Å². The number of nitrogens with zero attached hydrogens (tertiary/aromatic N) is 1. The maximum atomic E-state index is 12.6.